The number of carbonyl (C=O) groups is 2. The van der Waals surface area contributed by atoms with Crippen LogP contribution in [0.3, 0.4) is 0 Å². The third-order valence-electron chi connectivity index (χ3n) is 2.59. The molecule has 2 atom stereocenters. The molecule has 2 N–H and O–H groups in total. The molecule has 5 heteroatoms. The zero-order valence-corrected chi connectivity index (χ0v) is 12.6. The van der Waals surface area contributed by atoms with E-state index in [0.29, 0.717) is 6.54 Å². The van der Waals surface area contributed by atoms with Crippen molar-refractivity contribution in [2.24, 2.45) is 5.92 Å². The maximum atomic E-state index is 12.0. The van der Waals surface area contributed by atoms with Gasteiger partial charge in [-0.05, 0) is 26.7 Å². The second-order valence-corrected chi connectivity index (χ2v) is 5.54. The zero-order valence-electron chi connectivity index (χ0n) is 12.6. The monoisotopic (exact) mass is 270 g/mol. The highest BCUT2D eigenvalue weighted by atomic mass is 16.6. The van der Waals surface area contributed by atoms with Crippen LogP contribution in [-0.4, -0.2) is 30.2 Å². The fraction of sp³-hybridized carbons (Fsp3) is 0.714. The number of rotatable bonds is 6. The summed E-state index contributed by atoms with van der Waals surface area (Å²) in [6, 6.07) is -0.597. The van der Waals surface area contributed by atoms with Gasteiger partial charge in [-0.25, -0.2) is 4.79 Å². The van der Waals surface area contributed by atoms with Crippen molar-refractivity contribution in [1.82, 2.24) is 10.6 Å². The minimum Gasteiger partial charge on any atom is -0.444 e. The summed E-state index contributed by atoms with van der Waals surface area (Å²) in [6.45, 7) is 13.1. The Balaban J connectivity index is 4.64. The van der Waals surface area contributed by atoms with Crippen LogP contribution in [0.25, 0.3) is 0 Å². The van der Waals surface area contributed by atoms with Gasteiger partial charge in [-0.2, -0.15) is 0 Å². The lowest BCUT2D eigenvalue weighted by Crippen LogP contribution is -2.51. The molecular formula is C14H26N2O3. The Bertz CT molecular complexity index is 321. The van der Waals surface area contributed by atoms with Crippen LogP contribution < -0.4 is 10.6 Å². The molecule has 0 radical (unpaired) electrons. The Morgan fingerprint density at radius 2 is 1.95 bits per heavy atom. The van der Waals surface area contributed by atoms with Crippen LogP contribution in [-0.2, 0) is 9.53 Å². The summed E-state index contributed by atoms with van der Waals surface area (Å²) in [6.07, 6.45) is 1.80. The highest BCUT2D eigenvalue weighted by molar-refractivity contribution is 5.86. The van der Waals surface area contributed by atoms with Crippen molar-refractivity contribution >= 4 is 12.0 Å². The normalized spacial score (nSPS) is 14.2. The second kappa shape index (κ2) is 7.81. The first-order valence-corrected chi connectivity index (χ1v) is 6.59. The SMILES string of the molecule is C=CCNC(=O)C(NC(=O)OC(C)(C)C)C(C)CC. The lowest BCUT2D eigenvalue weighted by Gasteiger charge is -2.26. The Labute approximate surface area is 115 Å². The van der Waals surface area contributed by atoms with E-state index in [4.69, 9.17) is 4.74 Å². The van der Waals surface area contributed by atoms with Crippen molar-refractivity contribution in [3.63, 3.8) is 0 Å². The van der Waals surface area contributed by atoms with Gasteiger partial charge in [0, 0.05) is 6.54 Å². The molecule has 2 unspecified atom stereocenters. The van der Waals surface area contributed by atoms with E-state index in [9.17, 15) is 9.59 Å². The van der Waals surface area contributed by atoms with Gasteiger partial charge in [0.1, 0.15) is 11.6 Å². The molecule has 0 heterocycles. The van der Waals surface area contributed by atoms with E-state index in [1.54, 1.807) is 26.8 Å². The van der Waals surface area contributed by atoms with E-state index < -0.39 is 17.7 Å². The molecule has 0 saturated heterocycles. The summed E-state index contributed by atoms with van der Waals surface area (Å²) in [5, 5.41) is 5.31. The lowest BCUT2D eigenvalue weighted by atomic mass is 9.98. The second-order valence-electron chi connectivity index (χ2n) is 5.54. The molecule has 0 aromatic rings. The number of carbonyl (C=O) groups excluding carboxylic acids is 2. The number of alkyl carbamates (subject to hydrolysis) is 1. The minimum atomic E-state index is -0.597. The highest BCUT2D eigenvalue weighted by Crippen LogP contribution is 2.11. The molecule has 0 saturated carbocycles. The van der Waals surface area contributed by atoms with Crippen molar-refractivity contribution in [3.05, 3.63) is 12.7 Å². The van der Waals surface area contributed by atoms with Crippen molar-refractivity contribution in [3.8, 4) is 0 Å². The van der Waals surface area contributed by atoms with E-state index in [-0.39, 0.29) is 11.8 Å². The van der Waals surface area contributed by atoms with Gasteiger partial charge in [-0.1, -0.05) is 26.3 Å². The molecule has 0 aliphatic heterocycles. The molecule has 0 spiro atoms. The van der Waals surface area contributed by atoms with Crippen LogP contribution in [0.4, 0.5) is 4.79 Å². The van der Waals surface area contributed by atoms with Gasteiger partial charge >= 0.3 is 6.09 Å². The topological polar surface area (TPSA) is 67.4 Å². The molecule has 0 fully saturated rings. The minimum absolute atomic E-state index is 0.0253. The fourth-order valence-corrected chi connectivity index (χ4v) is 1.42. The third kappa shape index (κ3) is 7.49. The Hall–Kier alpha value is -1.52. The third-order valence-corrected chi connectivity index (χ3v) is 2.59. The fourth-order valence-electron chi connectivity index (χ4n) is 1.42. The number of hydrogen-bond donors (Lipinski definition) is 2. The molecule has 0 rings (SSSR count). The van der Waals surface area contributed by atoms with Crippen LogP contribution in [0.5, 0.6) is 0 Å². The number of ether oxygens (including phenoxy) is 1. The van der Waals surface area contributed by atoms with Crippen LogP contribution >= 0.6 is 0 Å². The van der Waals surface area contributed by atoms with E-state index in [0.717, 1.165) is 6.42 Å². The predicted molar refractivity (Wildman–Crippen MR) is 75.8 cm³/mol. The summed E-state index contributed by atoms with van der Waals surface area (Å²) < 4.78 is 5.17. The quantitative estimate of drug-likeness (QED) is 0.727. The molecule has 2 amide bonds. The average molecular weight is 270 g/mol. The molecule has 110 valence electrons. The summed E-state index contributed by atoms with van der Waals surface area (Å²) in [5.74, 6) is -0.197. The van der Waals surface area contributed by atoms with E-state index in [1.807, 2.05) is 13.8 Å². The van der Waals surface area contributed by atoms with Crippen molar-refractivity contribution in [1.29, 1.82) is 0 Å². The smallest absolute Gasteiger partial charge is 0.408 e. The summed E-state index contributed by atoms with van der Waals surface area (Å²) in [5.41, 5.74) is -0.582. The molecule has 0 aromatic heterocycles. The maximum absolute atomic E-state index is 12.0. The van der Waals surface area contributed by atoms with Crippen LogP contribution in [0, 0.1) is 5.92 Å². The van der Waals surface area contributed by atoms with Crippen molar-refractivity contribution in [2.45, 2.75) is 52.7 Å². The first-order chi connectivity index (χ1) is 8.71. The Kier molecular flexibility index (Phi) is 7.19. The van der Waals surface area contributed by atoms with Gasteiger partial charge in [-0.15, -0.1) is 6.58 Å². The van der Waals surface area contributed by atoms with Gasteiger partial charge in [0.2, 0.25) is 5.91 Å². The largest absolute Gasteiger partial charge is 0.444 e. The van der Waals surface area contributed by atoms with Gasteiger partial charge in [0.05, 0.1) is 0 Å². The van der Waals surface area contributed by atoms with E-state index in [1.165, 1.54) is 0 Å². The highest BCUT2D eigenvalue weighted by Gasteiger charge is 2.27. The van der Waals surface area contributed by atoms with Crippen molar-refractivity contribution in [2.75, 3.05) is 6.54 Å². The first kappa shape index (κ1) is 17.5. The zero-order chi connectivity index (χ0) is 15.1. The Morgan fingerprint density at radius 1 is 1.37 bits per heavy atom. The average Bonchev–Trinajstić information content (AvgIpc) is 2.29. The molecule has 5 nitrogen and oxygen atoms in total. The number of hydrogen-bond acceptors (Lipinski definition) is 3. The van der Waals surface area contributed by atoms with E-state index in [2.05, 4.69) is 17.2 Å². The molecule has 19 heavy (non-hydrogen) atoms. The van der Waals surface area contributed by atoms with Gasteiger partial charge in [0.25, 0.3) is 0 Å². The van der Waals surface area contributed by atoms with Crippen LogP contribution in [0.2, 0.25) is 0 Å². The molecule has 0 aromatic carbocycles. The predicted octanol–water partition coefficient (Wildman–Crippen LogP) is 2.23. The summed E-state index contributed by atoms with van der Waals surface area (Å²) in [4.78, 5) is 23.7. The molecule has 0 bridgehead atoms. The number of amides is 2. The molecule has 0 aliphatic rings. The van der Waals surface area contributed by atoms with Crippen LogP contribution in [0.15, 0.2) is 12.7 Å². The standard InChI is InChI=1S/C14H26N2O3/c1-7-9-15-12(17)11(10(3)8-2)16-13(18)19-14(4,5)6/h7,10-11H,1,8-9H2,2-6H3,(H,15,17)(H,16,18). The summed E-state index contributed by atoms with van der Waals surface area (Å²) >= 11 is 0. The lowest BCUT2D eigenvalue weighted by molar-refractivity contribution is -0.124. The van der Waals surface area contributed by atoms with Crippen molar-refractivity contribution < 1.29 is 14.3 Å². The van der Waals surface area contributed by atoms with E-state index >= 15 is 0 Å². The van der Waals surface area contributed by atoms with Crippen LogP contribution in [0.1, 0.15) is 41.0 Å². The number of nitrogens with one attached hydrogen (secondary N) is 2. The first-order valence-electron chi connectivity index (χ1n) is 6.59. The summed E-state index contributed by atoms with van der Waals surface area (Å²) in [7, 11) is 0. The Morgan fingerprint density at radius 3 is 2.37 bits per heavy atom. The van der Waals surface area contributed by atoms with Gasteiger partial charge in [-0.3, -0.25) is 4.79 Å². The van der Waals surface area contributed by atoms with Gasteiger partial charge in [0.15, 0.2) is 0 Å². The molecule has 0 aliphatic carbocycles. The maximum Gasteiger partial charge on any atom is 0.408 e. The molecular weight excluding hydrogens is 244 g/mol. The van der Waals surface area contributed by atoms with Gasteiger partial charge < -0.3 is 15.4 Å².